The van der Waals surface area contributed by atoms with Crippen molar-refractivity contribution in [3.8, 4) is 0 Å². The molecule has 1 atom stereocenters. The molecule has 10 heavy (non-hydrogen) atoms. The molecule has 5 nitrogen and oxygen atoms in total. The molecule has 0 saturated heterocycles. The summed E-state index contributed by atoms with van der Waals surface area (Å²) >= 11 is 0. The Morgan fingerprint density at radius 1 is 1.50 bits per heavy atom. The molecule has 0 amide bonds. The molecule has 0 aliphatic carbocycles. The topological polar surface area (TPSA) is 87.0 Å². The van der Waals surface area contributed by atoms with E-state index in [0.717, 1.165) is 0 Å². The number of hydrogen-bond donors (Lipinski definition) is 3. The number of carboxylic acid groups (broad SMARTS) is 1. The fourth-order valence-electron chi connectivity index (χ4n) is 0.474. The summed E-state index contributed by atoms with van der Waals surface area (Å²) in [6.07, 6.45) is -2.11. The number of carbonyl (C=O) groups is 1. The van der Waals surface area contributed by atoms with Crippen LogP contribution < -0.4 is 0 Å². The van der Waals surface area contributed by atoms with Crippen LogP contribution in [0.15, 0.2) is 0 Å². The molecule has 60 valence electrons. The van der Waals surface area contributed by atoms with Crippen LogP contribution >= 0.6 is 0 Å². The van der Waals surface area contributed by atoms with E-state index in [1.165, 1.54) is 0 Å². The molecule has 0 heterocycles. The van der Waals surface area contributed by atoms with E-state index in [1.54, 1.807) is 0 Å². The van der Waals surface area contributed by atoms with Crippen molar-refractivity contribution in [2.24, 2.45) is 0 Å². The van der Waals surface area contributed by atoms with Gasteiger partial charge in [-0.1, -0.05) is 0 Å². The lowest BCUT2D eigenvalue weighted by Crippen LogP contribution is -2.21. The van der Waals surface area contributed by atoms with Gasteiger partial charge in [0, 0.05) is 13.0 Å². The fraction of sp³-hybridized carbons (Fsp3) is 0.800. The molecular weight excluding hydrogens is 140 g/mol. The molecule has 1 unspecified atom stereocenters. The quantitative estimate of drug-likeness (QED) is 0.467. The second-order valence-electron chi connectivity index (χ2n) is 1.70. The standard InChI is InChI=1S/C5H10O5/c6-2-1-4(3-7)10-5(8)9/h4,6-7H,1-3H2,(H,8,9). The van der Waals surface area contributed by atoms with Crippen molar-refractivity contribution in [1.82, 2.24) is 0 Å². The smallest absolute Gasteiger partial charge is 0.450 e. The Hall–Kier alpha value is -0.810. The Morgan fingerprint density at radius 2 is 2.10 bits per heavy atom. The normalized spacial score (nSPS) is 12.6. The van der Waals surface area contributed by atoms with Gasteiger partial charge in [-0.2, -0.15) is 0 Å². The van der Waals surface area contributed by atoms with E-state index in [0.29, 0.717) is 0 Å². The summed E-state index contributed by atoms with van der Waals surface area (Å²) in [6, 6.07) is 0. The minimum Gasteiger partial charge on any atom is -0.450 e. The third-order valence-corrected chi connectivity index (χ3v) is 0.922. The highest BCUT2D eigenvalue weighted by Gasteiger charge is 2.10. The van der Waals surface area contributed by atoms with Gasteiger partial charge in [0.2, 0.25) is 0 Å². The van der Waals surface area contributed by atoms with Crippen LogP contribution in [0.4, 0.5) is 4.79 Å². The first-order chi connectivity index (χ1) is 4.70. The highest BCUT2D eigenvalue weighted by Crippen LogP contribution is 1.96. The van der Waals surface area contributed by atoms with Crippen LogP contribution in [0, 0.1) is 0 Å². The first-order valence-corrected chi connectivity index (χ1v) is 2.82. The predicted molar refractivity (Wildman–Crippen MR) is 31.7 cm³/mol. The monoisotopic (exact) mass is 150 g/mol. The molecule has 0 bridgehead atoms. The summed E-state index contributed by atoms with van der Waals surface area (Å²) in [5.41, 5.74) is 0. The van der Waals surface area contributed by atoms with Crippen molar-refractivity contribution in [2.75, 3.05) is 13.2 Å². The van der Waals surface area contributed by atoms with Crippen molar-refractivity contribution < 1.29 is 24.9 Å². The number of aliphatic hydroxyl groups is 2. The van der Waals surface area contributed by atoms with Gasteiger partial charge in [0.25, 0.3) is 0 Å². The molecule has 3 N–H and O–H groups in total. The maximum absolute atomic E-state index is 9.83. The second kappa shape index (κ2) is 5.01. The van der Waals surface area contributed by atoms with Gasteiger partial charge in [0.15, 0.2) is 0 Å². The Labute approximate surface area is 57.9 Å². The summed E-state index contributed by atoms with van der Waals surface area (Å²) in [5.74, 6) is 0. The van der Waals surface area contributed by atoms with Crippen molar-refractivity contribution in [3.63, 3.8) is 0 Å². The minimum absolute atomic E-state index is 0.128. The van der Waals surface area contributed by atoms with E-state index in [2.05, 4.69) is 4.74 Å². The van der Waals surface area contributed by atoms with Crippen molar-refractivity contribution in [1.29, 1.82) is 0 Å². The Balaban J connectivity index is 3.49. The Morgan fingerprint density at radius 3 is 2.40 bits per heavy atom. The average molecular weight is 150 g/mol. The number of ether oxygens (including phenoxy) is 1. The largest absolute Gasteiger partial charge is 0.506 e. The van der Waals surface area contributed by atoms with Gasteiger partial charge >= 0.3 is 6.16 Å². The summed E-state index contributed by atoms with van der Waals surface area (Å²) in [6.45, 7) is -0.592. The van der Waals surface area contributed by atoms with Gasteiger partial charge in [-0.15, -0.1) is 0 Å². The second-order valence-corrected chi connectivity index (χ2v) is 1.70. The van der Waals surface area contributed by atoms with Crippen LogP contribution in [-0.2, 0) is 4.74 Å². The molecular formula is C5H10O5. The molecule has 5 heteroatoms. The highest BCUT2D eigenvalue weighted by atomic mass is 16.7. The lowest BCUT2D eigenvalue weighted by atomic mass is 10.3. The number of rotatable bonds is 4. The van der Waals surface area contributed by atoms with Gasteiger partial charge in [0.05, 0.1) is 6.61 Å². The van der Waals surface area contributed by atoms with Gasteiger partial charge < -0.3 is 20.1 Å². The fourth-order valence-corrected chi connectivity index (χ4v) is 0.474. The summed E-state index contributed by atoms with van der Waals surface area (Å²) in [4.78, 5) is 9.83. The molecule has 0 aliphatic heterocycles. The summed E-state index contributed by atoms with van der Waals surface area (Å²) in [7, 11) is 0. The van der Waals surface area contributed by atoms with E-state index >= 15 is 0 Å². The molecule has 0 aromatic carbocycles. The Bertz CT molecular complexity index is 102. The van der Waals surface area contributed by atoms with E-state index < -0.39 is 18.9 Å². The molecule has 0 rings (SSSR count). The maximum Gasteiger partial charge on any atom is 0.506 e. The van der Waals surface area contributed by atoms with E-state index in [1.807, 2.05) is 0 Å². The first-order valence-electron chi connectivity index (χ1n) is 2.82. The van der Waals surface area contributed by atoms with Crippen molar-refractivity contribution >= 4 is 6.16 Å². The SMILES string of the molecule is O=C(O)OC(CO)CCO. The molecule has 0 aliphatic rings. The van der Waals surface area contributed by atoms with Crippen LogP contribution in [0.1, 0.15) is 6.42 Å². The highest BCUT2D eigenvalue weighted by molar-refractivity contribution is 5.57. The number of hydrogen-bond acceptors (Lipinski definition) is 4. The third-order valence-electron chi connectivity index (χ3n) is 0.922. The molecule has 0 fully saturated rings. The zero-order valence-electron chi connectivity index (χ0n) is 5.36. The zero-order chi connectivity index (χ0) is 7.98. The third kappa shape index (κ3) is 4.11. The van der Waals surface area contributed by atoms with Crippen LogP contribution in [0.5, 0.6) is 0 Å². The van der Waals surface area contributed by atoms with E-state index in [4.69, 9.17) is 15.3 Å². The van der Waals surface area contributed by atoms with Crippen molar-refractivity contribution in [2.45, 2.75) is 12.5 Å². The maximum atomic E-state index is 9.83. The molecule has 0 saturated carbocycles. The van der Waals surface area contributed by atoms with Crippen LogP contribution in [0.3, 0.4) is 0 Å². The number of aliphatic hydroxyl groups excluding tert-OH is 2. The van der Waals surface area contributed by atoms with E-state index in [-0.39, 0.29) is 13.0 Å². The minimum atomic E-state index is -1.44. The molecule has 0 radical (unpaired) electrons. The van der Waals surface area contributed by atoms with Crippen LogP contribution in [-0.4, -0.2) is 40.8 Å². The van der Waals surface area contributed by atoms with E-state index in [9.17, 15) is 4.79 Å². The van der Waals surface area contributed by atoms with Crippen LogP contribution in [0.25, 0.3) is 0 Å². The lowest BCUT2D eigenvalue weighted by Gasteiger charge is -2.10. The predicted octanol–water partition coefficient (Wildman–Crippen LogP) is -0.576. The van der Waals surface area contributed by atoms with Gasteiger partial charge in [-0.3, -0.25) is 0 Å². The zero-order valence-corrected chi connectivity index (χ0v) is 5.36. The first kappa shape index (κ1) is 9.19. The molecule has 0 spiro atoms. The molecule has 0 aromatic heterocycles. The lowest BCUT2D eigenvalue weighted by molar-refractivity contribution is 0.0133. The van der Waals surface area contributed by atoms with Crippen molar-refractivity contribution in [3.05, 3.63) is 0 Å². The summed E-state index contributed by atoms with van der Waals surface area (Å²) < 4.78 is 4.15. The molecule has 0 aromatic rings. The van der Waals surface area contributed by atoms with Gasteiger partial charge in [0.1, 0.15) is 6.10 Å². The van der Waals surface area contributed by atoms with Gasteiger partial charge in [-0.25, -0.2) is 4.79 Å². The Kier molecular flexibility index (Phi) is 4.61. The van der Waals surface area contributed by atoms with Gasteiger partial charge in [-0.05, 0) is 0 Å². The summed E-state index contributed by atoms with van der Waals surface area (Å²) in [5, 5.41) is 24.7. The van der Waals surface area contributed by atoms with Crippen LogP contribution in [0.2, 0.25) is 0 Å². The average Bonchev–Trinajstić information content (AvgIpc) is 1.86.